The third-order valence-electron chi connectivity index (χ3n) is 2.68. The minimum absolute atomic E-state index is 0.140. The van der Waals surface area contributed by atoms with Gasteiger partial charge < -0.3 is 10.1 Å². The van der Waals surface area contributed by atoms with Crippen LogP contribution in [0.2, 0.25) is 0 Å². The van der Waals surface area contributed by atoms with E-state index in [1.807, 2.05) is 0 Å². The number of nitrogens with one attached hydrogen (secondary N) is 1. The molecule has 0 aliphatic carbocycles. The van der Waals surface area contributed by atoms with Crippen LogP contribution < -0.4 is 5.32 Å². The number of amides is 1. The number of alkyl halides is 3. The van der Waals surface area contributed by atoms with Crippen molar-refractivity contribution < 1.29 is 27.5 Å². The molecule has 0 atom stereocenters. The molecule has 0 spiro atoms. The Morgan fingerprint density at radius 2 is 2.10 bits per heavy atom. The normalized spacial score (nSPS) is 16.0. The van der Waals surface area contributed by atoms with Gasteiger partial charge >= 0.3 is 12.1 Å². The summed E-state index contributed by atoms with van der Waals surface area (Å²) in [5.41, 5.74) is 1.73. The number of esters is 1. The van der Waals surface area contributed by atoms with Crippen LogP contribution in [0.15, 0.2) is 24.3 Å². The van der Waals surface area contributed by atoms with E-state index in [0.29, 0.717) is 16.7 Å². The Morgan fingerprint density at radius 1 is 1.40 bits per heavy atom. The van der Waals surface area contributed by atoms with Crippen molar-refractivity contribution >= 4 is 17.6 Å². The van der Waals surface area contributed by atoms with Gasteiger partial charge in [0.15, 0.2) is 6.61 Å². The number of benzene rings is 1. The lowest BCUT2D eigenvalue weighted by atomic mass is 10.0. The van der Waals surface area contributed by atoms with Crippen molar-refractivity contribution in [3.8, 4) is 0 Å². The quantitative estimate of drug-likeness (QED) is 0.669. The van der Waals surface area contributed by atoms with Gasteiger partial charge in [-0.2, -0.15) is 13.2 Å². The molecule has 0 aromatic heterocycles. The number of fused-ring (bicyclic) bond motifs is 1. The molecule has 1 aliphatic heterocycles. The molecule has 106 valence electrons. The summed E-state index contributed by atoms with van der Waals surface area (Å²) in [5.74, 6) is -1.56. The fraction of sp³-hybridized carbons (Fsp3) is 0.231. The molecule has 2 rings (SSSR count). The number of ether oxygens (including phenoxy) is 1. The zero-order valence-electron chi connectivity index (χ0n) is 10.4. The predicted molar refractivity (Wildman–Crippen MR) is 63.6 cm³/mol. The van der Waals surface area contributed by atoms with Crippen molar-refractivity contribution in [1.29, 1.82) is 0 Å². The van der Waals surface area contributed by atoms with Crippen LogP contribution in [0.4, 0.5) is 13.2 Å². The maximum atomic E-state index is 11.9. The monoisotopic (exact) mass is 285 g/mol. The SMILES string of the molecule is Cc1cccc2c1C(=O)N/C2=C/C(=O)OCC(F)(F)F. The summed E-state index contributed by atoms with van der Waals surface area (Å²) >= 11 is 0. The summed E-state index contributed by atoms with van der Waals surface area (Å²) in [6.07, 6.45) is -3.74. The maximum Gasteiger partial charge on any atom is 0.422 e. The van der Waals surface area contributed by atoms with Crippen LogP contribution in [0, 0.1) is 6.92 Å². The first-order valence-electron chi connectivity index (χ1n) is 5.64. The first kappa shape index (κ1) is 14.1. The van der Waals surface area contributed by atoms with Gasteiger partial charge in [0.05, 0.1) is 11.3 Å². The number of hydrogen-bond acceptors (Lipinski definition) is 3. The molecule has 0 fully saturated rings. The van der Waals surface area contributed by atoms with E-state index in [9.17, 15) is 22.8 Å². The number of hydrogen-bond donors (Lipinski definition) is 1. The Labute approximate surface area is 112 Å². The molecule has 1 aliphatic rings. The van der Waals surface area contributed by atoms with Gasteiger partial charge in [-0.3, -0.25) is 4.79 Å². The smallest absolute Gasteiger partial charge is 0.422 e. The van der Waals surface area contributed by atoms with E-state index in [-0.39, 0.29) is 5.70 Å². The van der Waals surface area contributed by atoms with Crippen LogP contribution in [0.5, 0.6) is 0 Å². The molecule has 20 heavy (non-hydrogen) atoms. The third-order valence-corrected chi connectivity index (χ3v) is 2.68. The van der Waals surface area contributed by atoms with Gasteiger partial charge in [0.2, 0.25) is 0 Å². The van der Waals surface area contributed by atoms with E-state index >= 15 is 0 Å². The highest BCUT2D eigenvalue weighted by Gasteiger charge is 2.30. The Balaban J connectivity index is 2.20. The molecular weight excluding hydrogens is 275 g/mol. The van der Waals surface area contributed by atoms with Crippen molar-refractivity contribution in [3.05, 3.63) is 41.0 Å². The van der Waals surface area contributed by atoms with Crippen LogP contribution in [0.3, 0.4) is 0 Å². The maximum absolute atomic E-state index is 11.9. The number of aryl methyl sites for hydroxylation is 1. The van der Waals surface area contributed by atoms with Crippen molar-refractivity contribution in [1.82, 2.24) is 5.32 Å². The van der Waals surface area contributed by atoms with Crippen LogP contribution in [-0.2, 0) is 9.53 Å². The van der Waals surface area contributed by atoms with E-state index in [1.54, 1.807) is 25.1 Å². The summed E-state index contributed by atoms with van der Waals surface area (Å²) in [7, 11) is 0. The number of rotatable bonds is 2. The summed E-state index contributed by atoms with van der Waals surface area (Å²) < 4.78 is 39.8. The summed E-state index contributed by atoms with van der Waals surface area (Å²) in [6.45, 7) is 0.0631. The Morgan fingerprint density at radius 3 is 2.75 bits per heavy atom. The number of carbonyl (C=O) groups excluding carboxylic acids is 2. The lowest BCUT2D eigenvalue weighted by molar-refractivity contribution is -0.182. The first-order chi connectivity index (χ1) is 9.28. The van der Waals surface area contributed by atoms with Gasteiger partial charge in [0, 0.05) is 11.6 Å². The molecule has 0 unspecified atom stereocenters. The van der Waals surface area contributed by atoms with Crippen molar-refractivity contribution in [2.75, 3.05) is 6.61 Å². The van der Waals surface area contributed by atoms with Gasteiger partial charge in [-0.15, -0.1) is 0 Å². The van der Waals surface area contributed by atoms with Gasteiger partial charge in [-0.05, 0) is 12.5 Å². The van der Waals surface area contributed by atoms with E-state index in [4.69, 9.17) is 0 Å². The van der Waals surface area contributed by atoms with Crippen LogP contribution >= 0.6 is 0 Å². The highest BCUT2D eigenvalue weighted by atomic mass is 19.4. The lowest BCUT2D eigenvalue weighted by Gasteiger charge is -2.06. The molecule has 0 saturated carbocycles. The van der Waals surface area contributed by atoms with Crippen LogP contribution in [-0.4, -0.2) is 24.7 Å². The number of carbonyl (C=O) groups is 2. The lowest BCUT2D eigenvalue weighted by Crippen LogP contribution is -2.20. The zero-order chi connectivity index (χ0) is 14.9. The topological polar surface area (TPSA) is 55.4 Å². The minimum atomic E-state index is -4.58. The summed E-state index contributed by atoms with van der Waals surface area (Å²) in [4.78, 5) is 23.0. The van der Waals surface area contributed by atoms with E-state index in [1.165, 1.54) is 0 Å². The van der Waals surface area contributed by atoms with E-state index in [0.717, 1.165) is 6.08 Å². The second kappa shape index (κ2) is 4.99. The average molecular weight is 285 g/mol. The molecular formula is C13H10F3NO3. The fourth-order valence-electron chi connectivity index (χ4n) is 1.87. The van der Waals surface area contributed by atoms with Gasteiger partial charge in [-0.25, -0.2) is 4.79 Å². The molecule has 0 bridgehead atoms. The van der Waals surface area contributed by atoms with Gasteiger partial charge in [0.1, 0.15) is 0 Å². The standard InChI is InChI=1S/C13H10F3NO3/c1-7-3-2-4-8-9(17-12(19)11(7)8)5-10(18)20-6-13(14,15)16/h2-5H,6H2,1H3,(H,17,19)/b9-5+. The molecule has 7 heteroatoms. The van der Waals surface area contributed by atoms with Gasteiger partial charge in [-0.1, -0.05) is 18.2 Å². The molecule has 1 amide bonds. The zero-order valence-corrected chi connectivity index (χ0v) is 10.4. The Kier molecular flexibility index (Phi) is 3.52. The largest absolute Gasteiger partial charge is 0.453 e. The molecule has 1 N–H and O–H groups in total. The highest BCUT2D eigenvalue weighted by Crippen LogP contribution is 2.27. The Bertz CT molecular complexity index is 605. The number of halogens is 3. The van der Waals surface area contributed by atoms with E-state index < -0.39 is 24.7 Å². The summed E-state index contributed by atoms with van der Waals surface area (Å²) in [6, 6.07) is 5.01. The molecule has 0 saturated heterocycles. The van der Waals surface area contributed by atoms with E-state index in [2.05, 4.69) is 10.1 Å². The first-order valence-corrected chi connectivity index (χ1v) is 5.64. The van der Waals surface area contributed by atoms with Gasteiger partial charge in [0.25, 0.3) is 5.91 Å². The minimum Gasteiger partial charge on any atom is -0.453 e. The molecule has 4 nitrogen and oxygen atoms in total. The summed E-state index contributed by atoms with van der Waals surface area (Å²) in [5, 5.41) is 2.43. The van der Waals surface area contributed by atoms with Crippen molar-refractivity contribution in [3.63, 3.8) is 0 Å². The van der Waals surface area contributed by atoms with Crippen molar-refractivity contribution in [2.24, 2.45) is 0 Å². The van der Waals surface area contributed by atoms with Crippen LogP contribution in [0.25, 0.3) is 5.70 Å². The van der Waals surface area contributed by atoms with Crippen LogP contribution in [0.1, 0.15) is 21.5 Å². The molecule has 1 aromatic rings. The average Bonchev–Trinajstić information content (AvgIpc) is 2.64. The second-order valence-electron chi connectivity index (χ2n) is 4.23. The second-order valence-corrected chi connectivity index (χ2v) is 4.23. The van der Waals surface area contributed by atoms with Crippen molar-refractivity contribution in [2.45, 2.75) is 13.1 Å². The fourth-order valence-corrected chi connectivity index (χ4v) is 1.87. The molecule has 1 aromatic carbocycles. The highest BCUT2D eigenvalue weighted by molar-refractivity contribution is 6.12. The molecule has 0 radical (unpaired) electrons. The predicted octanol–water partition coefficient (Wildman–Crippen LogP) is 2.18. The Hall–Kier alpha value is -2.31. The molecule has 1 heterocycles. The third kappa shape index (κ3) is 2.98.